The molecule has 22 heavy (non-hydrogen) atoms. The Kier molecular flexibility index (Phi) is 4.52. The van der Waals surface area contributed by atoms with Gasteiger partial charge in [-0.15, -0.1) is 0 Å². The summed E-state index contributed by atoms with van der Waals surface area (Å²) in [6, 6.07) is 6.01. The highest BCUT2D eigenvalue weighted by molar-refractivity contribution is 7.88. The minimum atomic E-state index is -3.50. The number of amides is 1. The van der Waals surface area contributed by atoms with E-state index in [0.29, 0.717) is 12.0 Å². The quantitative estimate of drug-likeness (QED) is 0.846. The fourth-order valence-corrected chi connectivity index (χ4v) is 2.85. The van der Waals surface area contributed by atoms with Gasteiger partial charge in [0, 0.05) is 13.6 Å². The number of nitrogens with zero attached hydrogens (tertiary/aromatic N) is 2. The van der Waals surface area contributed by atoms with Crippen molar-refractivity contribution in [1.82, 2.24) is 9.21 Å². The van der Waals surface area contributed by atoms with Crippen molar-refractivity contribution >= 4 is 21.9 Å². The summed E-state index contributed by atoms with van der Waals surface area (Å²) < 4.78 is 23.7. The van der Waals surface area contributed by atoms with Gasteiger partial charge in [-0.2, -0.15) is 4.31 Å². The molecule has 120 valence electrons. The average Bonchev–Trinajstić information content (AvgIpc) is 2.44. The van der Waals surface area contributed by atoms with E-state index in [-0.39, 0.29) is 13.1 Å². The first-order valence-electron chi connectivity index (χ1n) is 6.73. The van der Waals surface area contributed by atoms with E-state index in [0.717, 1.165) is 16.1 Å². The van der Waals surface area contributed by atoms with E-state index in [4.69, 9.17) is 0 Å². The van der Waals surface area contributed by atoms with Gasteiger partial charge in [-0.25, -0.2) is 13.2 Å². The molecule has 8 heteroatoms. The highest BCUT2D eigenvalue weighted by atomic mass is 32.2. The van der Waals surface area contributed by atoms with Gasteiger partial charge in [0.25, 0.3) is 0 Å². The number of aliphatic carboxylic acids is 1. The summed E-state index contributed by atoms with van der Waals surface area (Å²) in [5, 5.41) is 9.47. The van der Waals surface area contributed by atoms with E-state index >= 15 is 0 Å². The number of carbonyl (C=O) groups excluding carboxylic acids is 1. The van der Waals surface area contributed by atoms with Crippen molar-refractivity contribution in [1.29, 1.82) is 0 Å². The number of carboxylic acid groups (broad SMARTS) is 1. The molecule has 0 aromatic heterocycles. The number of carbonyl (C=O) groups is 2. The Balaban J connectivity index is 2.28. The van der Waals surface area contributed by atoms with Gasteiger partial charge < -0.3 is 10.0 Å². The molecule has 1 aromatic rings. The molecule has 0 spiro atoms. The SMILES string of the molecule is CN(CC(=O)N1CCc2ccccc2C1C(=O)O)S(C)(=O)=O. The zero-order valence-electron chi connectivity index (χ0n) is 12.4. The first-order chi connectivity index (χ1) is 10.2. The standard InChI is InChI=1S/C14H18N2O5S/c1-15(22(2,20)21)9-12(17)16-8-7-10-5-3-4-6-11(10)13(16)14(18)19/h3-6,13H,7-9H2,1-2H3,(H,18,19). The lowest BCUT2D eigenvalue weighted by atomic mass is 9.92. The zero-order valence-corrected chi connectivity index (χ0v) is 13.2. The van der Waals surface area contributed by atoms with Crippen LogP contribution in [-0.4, -0.2) is 61.0 Å². The number of hydrogen-bond acceptors (Lipinski definition) is 4. The highest BCUT2D eigenvalue weighted by Gasteiger charge is 2.36. The summed E-state index contributed by atoms with van der Waals surface area (Å²) in [4.78, 5) is 25.2. The number of rotatable bonds is 4. The lowest BCUT2D eigenvalue weighted by Crippen LogP contribution is -2.47. The Bertz CT molecular complexity index is 701. The Morgan fingerprint density at radius 3 is 2.59 bits per heavy atom. The average molecular weight is 326 g/mol. The molecule has 1 atom stereocenters. The van der Waals surface area contributed by atoms with Crippen LogP contribution in [0.3, 0.4) is 0 Å². The summed E-state index contributed by atoms with van der Waals surface area (Å²) in [7, 11) is -2.20. The second-order valence-electron chi connectivity index (χ2n) is 5.30. The molecule has 1 aliphatic rings. The topological polar surface area (TPSA) is 95.0 Å². The van der Waals surface area contributed by atoms with E-state index < -0.39 is 27.9 Å². The second-order valence-corrected chi connectivity index (χ2v) is 7.39. The van der Waals surface area contributed by atoms with Gasteiger partial charge in [-0.3, -0.25) is 4.79 Å². The van der Waals surface area contributed by atoms with E-state index in [1.54, 1.807) is 12.1 Å². The van der Waals surface area contributed by atoms with Crippen molar-refractivity contribution < 1.29 is 23.1 Å². The van der Waals surface area contributed by atoms with Gasteiger partial charge in [-0.1, -0.05) is 24.3 Å². The summed E-state index contributed by atoms with van der Waals surface area (Å²) in [6.07, 6.45) is 1.55. The lowest BCUT2D eigenvalue weighted by molar-refractivity contribution is -0.151. The predicted octanol–water partition coefficient (Wildman–Crippen LogP) is 0.0884. The zero-order chi connectivity index (χ0) is 16.5. The minimum absolute atomic E-state index is 0.254. The summed E-state index contributed by atoms with van der Waals surface area (Å²) >= 11 is 0. The van der Waals surface area contributed by atoms with E-state index in [1.807, 2.05) is 12.1 Å². The van der Waals surface area contributed by atoms with Crippen LogP contribution in [0.25, 0.3) is 0 Å². The Morgan fingerprint density at radius 1 is 1.36 bits per heavy atom. The molecule has 1 amide bonds. The van der Waals surface area contributed by atoms with Crippen LogP contribution in [0, 0.1) is 0 Å². The van der Waals surface area contributed by atoms with Crippen LogP contribution in [0.5, 0.6) is 0 Å². The molecule has 1 heterocycles. The Labute approximate surface area is 129 Å². The van der Waals surface area contributed by atoms with Crippen LogP contribution in [0.2, 0.25) is 0 Å². The number of sulfonamides is 1. The molecule has 0 aliphatic carbocycles. The van der Waals surface area contributed by atoms with Gasteiger partial charge in [0.05, 0.1) is 12.8 Å². The van der Waals surface area contributed by atoms with Crippen LogP contribution in [0.1, 0.15) is 17.2 Å². The van der Waals surface area contributed by atoms with Gasteiger partial charge in [0.1, 0.15) is 0 Å². The van der Waals surface area contributed by atoms with Crippen LogP contribution in [0.15, 0.2) is 24.3 Å². The van der Waals surface area contributed by atoms with E-state index in [9.17, 15) is 23.1 Å². The van der Waals surface area contributed by atoms with Crippen LogP contribution < -0.4 is 0 Å². The van der Waals surface area contributed by atoms with Gasteiger partial charge >= 0.3 is 5.97 Å². The summed E-state index contributed by atoms with van der Waals surface area (Å²) in [5.74, 6) is -1.64. The predicted molar refractivity (Wildman–Crippen MR) is 79.7 cm³/mol. The lowest BCUT2D eigenvalue weighted by Gasteiger charge is -2.35. The fraction of sp³-hybridized carbons (Fsp3) is 0.429. The second kappa shape index (κ2) is 6.05. The third-order valence-corrected chi connectivity index (χ3v) is 5.02. The molecule has 1 aliphatic heterocycles. The fourth-order valence-electron chi connectivity index (χ4n) is 2.50. The minimum Gasteiger partial charge on any atom is -0.479 e. The molecule has 0 bridgehead atoms. The molecule has 0 radical (unpaired) electrons. The normalized spacial score (nSPS) is 18.1. The van der Waals surface area contributed by atoms with Crippen LogP contribution in [-0.2, 0) is 26.0 Å². The molecule has 0 fully saturated rings. The Morgan fingerprint density at radius 2 is 2.00 bits per heavy atom. The van der Waals surface area contributed by atoms with E-state index in [2.05, 4.69) is 0 Å². The van der Waals surface area contributed by atoms with Crippen molar-refractivity contribution in [2.75, 3.05) is 26.4 Å². The number of carboxylic acids is 1. The van der Waals surface area contributed by atoms with Crippen molar-refractivity contribution in [2.45, 2.75) is 12.5 Å². The number of benzene rings is 1. The van der Waals surface area contributed by atoms with Gasteiger partial charge in [-0.05, 0) is 17.5 Å². The number of hydrogen-bond donors (Lipinski definition) is 1. The maximum atomic E-state index is 12.3. The molecule has 0 saturated carbocycles. The third-order valence-electron chi connectivity index (χ3n) is 3.76. The largest absolute Gasteiger partial charge is 0.479 e. The van der Waals surface area contributed by atoms with Gasteiger partial charge in [0.2, 0.25) is 15.9 Å². The van der Waals surface area contributed by atoms with Crippen molar-refractivity contribution in [3.63, 3.8) is 0 Å². The van der Waals surface area contributed by atoms with Crippen molar-refractivity contribution in [2.24, 2.45) is 0 Å². The first-order valence-corrected chi connectivity index (χ1v) is 8.58. The van der Waals surface area contributed by atoms with Crippen molar-refractivity contribution in [3.05, 3.63) is 35.4 Å². The molecule has 1 aromatic carbocycles. The molecule has 1 unspecified atom stereocenters. The Hall–Kier alpha value is -1.93. The third kappa shape index (κ3) is 3.28. The van der Waals surface area contributed by atoms with Crippen LogP contribution in [0.4, 0.5) is 0 Å². The molecule has 0 saturated heterocycles. The van der Waals surface area contributed by atoms with E-state index in [1.165, 1.54) is 11.9 Å². The molecule has 2 rings (SSSR count). The first kappa shape index (κ1) is 16.4. The maximum Gasteiger partial charge on any atom is 0.331 e. The number of likely N-dealkylation sites (N-methyl/N-ethyl adjacent to an activating group) is 1. The molecular weight excluding hydrogens is 308 g/mol. The smallest absolute Gasteiger partial charge is 0.331 e. The maximum absolute atomic E-state index is 12.3. The molecular formula is C14H18N2O5S. The van der Waals surface area contributed by atoms with Crippen molar-refractivity contribution in [3.8, 4) is 0 Å². The number of fused-ring (bicyclic) bond motifs is 1. The van der Waals surface area contributed by atoms with Crippen LogP contribution >= 0.6 is 0 Å². The monoisotopic (exact) mass is 326 g/mol. The molecule has 7 nitrogen and oxygen atoms in total. The summed E-state index contributed by atoms with van der Waals surface area (Å²) in [6.45, 7) is -0.116. The highest BCUT2D eigenvalue weighted by Crippen LogP contribution is 2.30. The summed E-state index contributed by atoms with van der Waals surface area (Å²) in [5.41, 5.74) is 1.48. The van der Waals surface area contributed by atoms with Gasteiger partial charge in [0.15, 0.2) is 6.04 Å². The molecule has 1 N–H and O–H groups in total.